The Hall–Kier alpha value is -1.79. The van der Waals surface area contributed by atoms with Gasteiger partial charge in [-0.1, -0.05) is 0 Å². The van der Waals surface area contributed by atoms with E-state index in [1.165, 1.54) is 0 Å². The topological polar surface area (TPSA) is 79.6 Å². The maximum atomic E-state index is 12.0. The van der Waals surface area contributed by atoms with Crippen molar-refractivity contribution in [3.05, 3.63) is 23.8 Å². The van der Waals surface area contributed by atoms with E-state index in [-0.39, 0.29) is 12.0 Å². The largest absolute Gasteiger partial charge is 0.399 e. The molecule has 6 nitrogen and oxygen atoms in total. The van der Waals surface area contributed by atoms with Crippen LogP contribution in [-0.4, -0.2) is 56.7 Å². The Kier molecular flexibility index (Phi) is 5.41. The van der Waals surface area contributed by atoms with E-state index in [1.807, 2.05) is 6.92 Å². The van der Waals surface area contributed by atoms with Crippen molar-refractivity contribution in [2.75, 3.05) is 50.9 Å². The number of carbonyl (C=O) groups is 1. The Labute approximate surface area is 125 Å². The van der Waals surface area contributed by atoms with E-state index < -0.39 is 0 Å². The number of carbonyl (C=O) groups excluding carboxylic acids is 1. The van der Waals surface area contributed by atoms with Gasteiger partial charge in [0.05, 0.1) is 18.3 Å². The van der Waals surface area contributed by atoms with Crippen LogP contribution in [0.15, 0.2) is 18.2 Å². The number of likely N-dealkylation sites (N-methyl/N-ethyl adjacent to an activating group) is 1. The van der Waals surface area contributed by atoms with Gasteiger partial charge in [0.15, 0.2) is 0 Å². The second-order valence-electron chi connectivity index (χ2n) is 5.30. The first-order chi connectivity index (χ1) is 10.1. The Morgan fingerprint density at radius 2 is 2.33 bits per heavy atom. The maximum absolute atomic E-state index is 12.0. The van der Waals surface area contributed by atoms with E-state index in [0.29, 0.717) is 24.3 Å². The first kappa shape index (κ1) is 15.6. The number of morpholine rings is 1. The summed E-state index contributed by atoms with van der Waals surface area (Å²) in [6.45, 7) is 5.72. The highest BCUT2D eigenvalue weighted by molar-refractivity contribution is 6.00. The molecule has 21 heavy (non-hydrogen) atoms. The summed E-state index contributed by atoms with van der Waals surface area (Å²) in [7, 11) is 2.08. The summed E-state index contributed by atoms with van der Waals surface area (Å²) in [4.78, 5) is 14.3. The number of hydrogen-bond acceptors (Lipinski definition) is 5. The van der Waals surface area contributed by atoms with Crippen LogP contribution in [0.2, 0.25) is 0 Å². The van der Waals surface area contributed by atoms with Crippen LogP contribution in [0.5, 0.6) is 0 Å². The fourth-order valence-corrected chi connectivity index (χ4v) is 2.38. The Morgan fingerprint density at radius 3 is 3.05 bits per heavy atom. The van der Waals surface area contributed by atoms with Gasteiger partial charge in [-0.3, -0.25) is 4.79 Å². The standard InChI is InChI=1S/C15H24N4O2/c1-3-17-15(20)13-5-4-11(16)8-14(13)18-9-12-10-19(2)6-7-21-12/h4-5,8,12,18H,3,6-7,9-10,16H2,1-2H3,(H,17,20). The summed E-state index contributed by atoms with van der Waals surface area (Å²) in [5.41, 5.74) is 7.81. The molecule has 1 aliphatic heterocycles. The smallest absolute Gasteiger partial charge is 0.253 e. The number of ether oxygens (including phenoxy) is 1. The van der Waals surface area contributed by atoms with E-state index in [0.717, 1.165) is 25.4 Å². The van der Waals surface area contributed by atoms with Crippen molar-refractivity contribution in [1.29, 1.82) is 0 Å². The molecule has 1 aromatic rings. The van der Waals surface area contributed by atoms with Gasteiger partial charge in [0.2, 0.25) is 0 Å². The van der Waals surface area contributed by atoms with E-state index in [4.69, 9.17) is 10.5 Å². The van der Waals surface area contributed by atoms with Gasteiger partial charge in [-0.15, -0.1) is 0 Å². The number of nitrogen functional groups attached to an aromatic ring is 1. The van der Waals surface area contributed by atoms with Crippen LogP contribution in [0.3, 0.4) is 0 Å². The molecule has 0 saturated carbocycles. The minimum absolute atomic E-state index is 0.0957. The number of anilines is 2. The Balaban J connectivity index is 2.04. The van der Waals surface area contributed by atoms with Gasteiger partial charge in [0.1, 0.15) is 0 Å². The SMILES string of the molecule is CCNC(=O)c1ccc(N)cc1NCC1CN(C)CCO1. The highest BCUT2D eigenvalue weighted by Gasteiger charge is 2.18. The minimum Gasteiger partial charge on any atom is -0.399 e. The van der Waals surface area contributed by atoms with Crippen molar-refractivity contribution in [3.63, 3.8) is 0 Å². The summed E-state index contributed by atoms with van der Waals surface area (Å²) in [6, 6.07) is 5.27. The molecule has 1 unspecified atom stereocenters. The quantitative estimate of drug-likeness (QED) is 0.698. The maximum Gasteiger partial charge on any atom is 0.253 e. The lowest BCUT2D eigenvalue weighted by Crippen LogP contribution is -2.43. The van der Waals surface area contributed by atoms with Crippen molar-refractivity contribution in [2.45, 2.75) is 13.0 Å². The molecule has 0 spiro atoms. The van der Waals surface area contributed by atoms with Crippen LogP contribution >= 0.6 is 0 Å². The van der Waals surface area contributed by atoms with Crippen LogP contribution in [0.1, 0.15) is 17.3 Å². The van der Waals surface area contributed by atoms with Crippen molar-refractivity contribution < 1.29 is 9.53 Å². The molecule has 4 N–H and O–H groups in total. The van der Waals surface area contributed by atoms with Crippen LogP contribution in [0.4, 0.5) is 11.4 Å². The zero-order valence-corrected chi connectivity index (χ0v) is 12.7. The molecule has 1 saturated heterocycles. The zero-order chi connectivity index (χ0) is 15.2. The number of amides is 1. The number of hydrogen-bond donors (Lipinski definition) is 3. The fraction of sp³-hybridized carbons (Fsp3) is 0.533. The fourth-order valence-electron chi connectivity index (χ4n) is 2.38. The molecule has 1 heterocycles. The normalized spacial score (nSPS) is 19.2. The monoisotopic (exact) mass is 292 g/mol. The zero-order valence-electron chi connectivity index (χ0n) is 12.7. The van der Waals surface area contributed by atoms with Crippen molar-refractivity contribution in [1.82, 2.24) is 10.2 Å². The molecule has 0 radical (unpaired) electrons. The van der Waals surface area contributed by atoms with Crippen molar-refractivity contribution >= 4 is 17.3 Å². The van der Waals surface area contributed by atoms with Crippen LogP contribution < -0.4 is 16.4 Å². The molecule has 6 heteroatoms. The highest BCUT2D eigenvalue weighted by atomic mass is 16.5. The first-order valence-electron chi connectivity index (χ1n) is 7.32. The summed E-state index contributed by atoms with van der Waals surface area (Å²) >= 11 is 0. The highest BCUT2D eigenvalue weighted by Crippen LogP contribution is 2.19. The average Bonchev–Trinajstić information content (AvgIpc) is 2.45. The lowest BCUT2D eigenvalue weighted by atomic mass is 10.1. The molecule has 1 atom stereocenters. The molecule has 2 rings (SSSR count). The van der Waals surface area contributed by atoms with E-state index in [2.05, 4.69) is 22.6 Å². The first-order valence-corrected chi connectivity index (χ1v) is 7.32. The van der Waals surface area contributed by atoms with Gasteiger partial charge in [0, 0.05) is 37.6 Å². The van der Waals surface area contributed by atoms with Gasteiger partial charge in [-0.2, -0.15) is 0 Å². The number of rotatable bonds is 5. The molecule has 1 fully saturated rings. The Bertz CT molecular complexity index is 493. The van der Waals surface area contributed by atoms with Gasteiger partial charge < -0.3 is 26.0 Å². The van der Waals surface area contributed by atoms with Crippen LogP contribution in [0, 0.1) is 0 Å². The summed E-state index contributed by atoms with van der Waals surface area (Å²) < 4.78 is 5.71. The third kappa shape index (κ3) is 4.34. The number of nitrogens with one attached hydrogen (secondary N) is 2. The van der Waals surface area contributed by atoms with Gasteiger partial charge in [-0.25, -0.2) is 0 Å². The summed E-state index contributed by atoms with van der Waals surface area (Å²) in [6.07, 6.45) is 0.118. The lowest BCUT2D eigenvalue weighted by molar-refractivity contribution is -0.0117. The third-order valence-corrected chi connectivity index (χ3v) is 3.49. The molecule has 1 aromatic carbocycles. The molecular formula is C15H24N4O2. The molecule has 0 aromatic heterocycles. The molecule has 0 aliphatic carbocycles. The second kappa shape index (κ2) is 7.28. The van der Waals surface area contributed by atoms with Gasteiger partial charge in [0.25, 0.3) is 5.91 Å². The van der Waals surface area contributed by atoms with E-state index >= 15 is 0 Å². The number of nitrogens with two attached hydrogens (primary N) is 1. The van der Waals surface area contributed by atoms with Crippen molar-refractivity contribution in [3.8, 4) is 0 Å². The summed E-state index contributed by atoms with van der Waals surface area (Å²) in [5, 5.41) is 6.10. The van der Waals surface area contributed by atoms with E-state index in [1.54, 1.807) is 18.2 Å². The predicted molar refractivity (Wildman–Crippen MR) is 84.6 cm³/mol. The summed E-state index contributed by atoms with van der Waals surface area (Å²) in [5.74, 6) is -0.0957. The third-order valence-electron chi connectivity index (χ3n) is 3.49. The average molecular weight is 292 g/mol. The molecule has 1 aliphatic rings. The van der Waals surface area contributed by atoms with Crippen LogP contribution in [0.25, 0.3) is 0 Å². The Morgan fingerprint density at radius 1 is 1.52 bits per heavy atom. The molecule has 1 amide bonds. The molecule has 0 bridgehead atoms. The van der Waals surface area contributed by atoms with E-state index in [9.17, 15) is 4.79 Å². The van der Waals surface area contributed by atoms with Crippen LogP contribution in [-0.2, 0) is 4.74 Å². The number of benzene rings is 1. The second-order valence-corrected chi connectivity index (χ2v) is 5.30. The predicted octanol–water partition coefficient (Wildman–Crippen LogP) is 0.761. The molecular weight excluding hydrogens is 268 g/mol. The number of nitrogens with zero attached hydrogens (tertiary/aromatic N) is 1. The van der Waals surface area contributed by atoms with Gasteiger partial charge >= 0.3 is 0 Å². The lowest BCUT2D eigenvalue weighted by Gasteiger charge is -2.30. The van der Waals surface area contributed by atoms with Crippen molar-refractivity contribution in [2.24, 2.45) is 0 Å². The minimum atomic E-state index is -0.0957. The van der Waals surface area contributed by atoms with Gasteiger partial charge in [-0.05, 0) is 32.2 Å². The molecule has 116 valence electrons.